The van der Waals surface area contributed by atoms with E-state index >= 15 is 0 Å². The molecule has 2 aromatic rings. The molecule has 5 nitrogen and oxygen atoms in total. The summed E-state index contributed by atoms with van der Waals surface area (Å²) in [6, 6.07) is 5.28. The maximum absolute atomic E-state index is 9.43. The lowest BCUT2D eigenvalue weighted by Crippen LogP contribution is -2.34. The SMILES string of the molecule is CC(N)CN(C)c1nc2cc(O)ccc2n1C. The zero-order chi connectivity index (χ0) is 12.6. The number of nitrogens with zero attached hydrogens (tertiary/aromatic N) is 3. The molecule has 5 heteroatoms. The van der Waals surface area contributed by atoms with Gasteiger partial charge in [0.15, 0.2) is 0 Å². The van der Waals surface area contributed by atoms with E-state index in [2.05, 4.69) is 4.98 Å². The van der Waals surface area contributed by atoms with Crippen LogP contribution in [0.4, 0.5) is 5.95 Å². The van der Waals surface area contributed by atoms with Crippen molar-refractivity contribution in [1.29, 1.82) is 0 Å². The summed E-state index contributed by atoms with van der Waals surface area (Å²) in [4.78, 5) is 6.51. The molecular formula is C12H18N4O. The topological polar surface area (TPSA) is 67.3 Å². The Hall–Kier alpha value is -1.75. The van der Waals surface area contributed by atoms with Crippen LogP contribution < -0.4 is 10.6 Å². The first kappa shape index (κ1) is 11.7. The molecular weight excluding hydrogens is 216 g/mol. The Morgan fingerprint density at radius 1 is 1.53 bits per heavy atom. The molecule has 0 saturated carbocycles. The Bertz CT molecular complexity index is 533. The smallest absolute Gasteiger partial charge is 0.206 e. The van der Waals surface area contributed by atoms with Crippen molar-refractivity contribution in [3.05, 3.63) is 18.2 Å². The van der Waals surface area contributed by atoms with Crippen LogP contribution in [0.25, 0.3) is 11.0 Å². The van der Waals surface area contributed by atoms with Crippen molar-refractivity contribution in [3.8, 4) is 5.75 Å². The van der Waals surface area contributed by atoms with Gasteiger partial charge < -0.3 is 20.3 Å². The third-order valence-corrected chi connectivity index (χ3v) is 2.74. The van der Waals surface area contributed by atoms with Crippen LogP contribution >= 0.6 is 0 Å². The molecule has 1 aromatic heterocycles. The molecule has 3 N–H and O–H groups in total. The summed E-state index contributed by atoms with van der Waals surface area (Å²) in [5.41, 5.74) is 7.57. The monoisotopic (exact) mass is 234 g/mol. The van der Waals surface area contributed by atoms with E-state index in [0.717, 1.165) is 23.5 Å². The number of phenolic OH excluding ortho intramolecular Hbond substituents is 1. The van der Waals surface area contributed by atoms with Crippen LogP contribution in [-0.2, 0) is 7.05 Å². The predicted molar refractivity (Wildman–Crippen MR) is 69.3 cm³/mol. The van der Waals surface area contributed by atoms with E-state index in [0.29, 0.717) is 0 Å². The van der Waals surface area contributed by atoms with Gasteiger partial charge in [-0.2, -0.15) is 0 Å². The molecule has 17 heavy (non-hydrogen) atoms. The minimum absolute atomic E-state index is 0.0909. The number of rotatable bonds is 3. The highest BCUT2D eigenvalue weighted by molar-refractivity contribution is 5.80. The highest BCUT2D eigenvalue weighted by Crippen LogP contribution is 2.23. The zero-order valence-electron chi connectivity index (χ0n) is 10.4. The van der Waals surface area contributed by atoms with Crippen LogP contribution in [0.1, 0.15) is 6.92 Å². The van der Waals surface area contributed by atoms with Gasteiger partial charge in [0.2, 0.25) is 5.95 Å². The van der Waals surface area contributed by atoms with Crippen molar-refractivity contribution in [1.82, 2.24) is 9.55 Å². The number of nitrogens with two attached hydrogens (primary N) is 1. The van der Waals surface area contributed by atoms with Crippen LogP contribution in [0, 0.1) is 0 Å². The highest BCUT2D eigenvalue weighted by atomic mass is 16.3. The Morgan fingerprint density at radius 2 is 2.24 bits per heavy atom. The standard InChI is InChI=1S/C12H18N4O/c1-8(13)7-15(2)12-14-10-6-9(17)4-5-11(10)16(12)3/h4-6,8,17H,7,13H2,1-3H3. The van der Waals surface area contributed by atoms with Gasteiger partial charge in [0.05, 0.1) is 11.0 Å². The Balaban J connectivity index is 2.44. The van der Waals surface area contributed by atoms with Crippen molar-refractivity contribution in [2.24, 2.45) is 12.8 Å². The summed E-state index contributed by atoms with van der Waals surface area (Å²) in [5.74, 6) is 1.08. The molecule has 0 saturated heterocycles. The maximum atomic E-state index is 9.43. The van der Waals surface area contributed by atoms with E-state index in [1.165, 1.54) is 0 Å². The molecule has 2 rings (SSSR count). The second-order valence-electron chi connectivity index (χ2n) is 4.50. The van der Waals surface area contributed by atoms with Gasteiger partial charge in [-0.05, 0) is 19.1 Å². The lowest BCUT2D eigenvalue weighted by atomic mass is 10.3. The molecule has 0 aliphatic heterocycles. The zero-order valence-corrected chi connectivity index (χ0v) is 10.4. The summed E-state index contributed by atoms with van der Waals surface area (Å²) in [6.45, 7) is 2.70. The summed E-state index contributed by atoms with van der Waals surface area (Å²) in [5, 5.41) is 9.43. The van der Waals surface area contributed by atoms with Gasteiger partial charge in [0, 0.05) is 32.7 Å². The second kappa shape index (κ2) is 4.25. The maximum Gasteiger partial charge on any atom is 0.206 e. The molecule has 1 unspecified atom stereocenters. The van der Waals surface area contributed by atoms with Crippen LogP contribution in [0.2, 0.25) is 0 Å². The fourth-order valence-electron chi connectivity index (χ4n) is 2.03. The number of aryl methyl sites for hydroxylation is 1. The van der Waals surface area contributed by atoms with Crippen LogP contribution in [0.5, 0.6) is 5.75 Å². The van der Waals surface area contributed by atoms with Crippen molar-refractivity contribution >= 4 is 17.0 Å². The van der Waals surface area contributed by atoms with E-state index in [1.807, 2.05) is 36.6 Å². The van der Waals surface area contributed by atoms with Gasteiger partial charge in [-0.25, -0.2) is 4.98 Å². The number of aromatic nitrogens is 2. The van der Waals surface area contributed by atoms with Crippen LogP contribution in [0.3, 0.4) is 0 Å². The van der Waals surface area contributed by atoms with E-state index in [9.17, 15) is 5.11 Å². The van der Waals surface area contributed by atoms with E-state index < -0.39 is 0 Å². The molecule has 1 atom stereocenters. The first-order valence-electron chi connectivity index (χ1n) is 5.61. The normalized spacial score (nSPS) is 12.9. The van der Waals surface area contributed by atoms with Crippen molar-refractivity contribution in [2.45, 2.75) is 13.0 Å². The number of anilines is 1. The number of fused-ring (bicyclic) bond motifs is 1. The molecule has 0 amide bonds. The summed E-state index contributed by atoms with van der Waals surface area (Å²) < 4.78 is 2.00. The number of hydrogen-bond acceptors (Lipinski definition) is 4. The minimum Gasteiger partial charge on any atom is -0.508 e. The molecule has 0 aliphatic rings. The minimum atomic E-state index is 0.0909. The predicted octanol–water partition coefficient (Wildman–Crippen LogP) is 1.06. The molecule has 0 spiro atoms. The molecule has 0 fully saturated rings. The van der Waals surface area contributed by atoms with Crippen LogP contribution in [0.15, 0.2) is 18.2 Å². The van der Waals surface area contributed by atoms with Crippen molar-refractivity contribution < 1.29 is 5.11 Å². The second-order valence-corrected chi connectivity index (χ2v) is 4.50. The first-order valence-corrected chi connectivity index (χ1v) is 5.61. The molecule has 1 heterocycles. The summed E-state index contributed by atoms with van der Waals surface area (Å²) in [6.07, 6.45) is 0. The van der Waals surface area contributed by atoms with Gasteiger partial charge in [0.25, 0.3) is 0 Å². The van der Waals surface area contributed by atoms with Gasteiger partial charge in [0.1, 0.15) is 5.75 Å². The fourth-order valence-corrected chi connectivity index (χ4v) is 2.03. The molecule has 0 radical (unpaired) electrons. The molecule has 1 aromatic carbocycles. The largest absolute Gasteiger partial charge is 0.508 e. The third-order valence-electron chi connectivity index (χ3n) is 2.74. The summed E-state index contributed by atoms with van der Waals surface area (Å²) >= 11 is 0. The number of imidazole rings is 1. The van der Waals surface area contributed by atoms with Gasteiger partial charge in [-0.1, -0.05) is 0 Å². The lowest BCUT2D eigenvalue weighted by molar-refractivity contribution is 0.476. The summed E-state index contributed by atoms with van der Waals surface area (Å²) in [7, 11) is 3.92. The Kier molecular flexibility index (Phi) is 2.93. The highest BCUT2D eigenvalue weighted by Gasteiger charge is 2.12. The molecule has 92 valence electrons. The first-order chi connectivity index (χ1) is 7.99. The number of hydrogen-bond donors (Lipinski definition) is 2. The Labute approximate surface area is 100 Å². The molecule has 0 aliphatic carbocycles. The number of likely N-dealkylation sites (N-methyl/N-ethyl adjacent to an activating group) is 1. The van der Waals surface area contributed by atoms with E-state index in [4.69, 9.17) is 5.73 Å². The average Bonchev–Trinajstić information content (AvgIpc) is 2.54. The van der Waals surface area contributed by atoms with Crippen LogP contribution in [-0.4, -0.2) is 34.3 Å². The quantitative estimate of drug-likeness (QED) is 0.833. The number of aromatic hydroxyl groups is 1. The van der Waals surface area contributed by atoms with E-state index in [1.54, 1.807) is 12.1 Å². The molecule has 0 bridgehead atoms. The van der Waals surface area contributed by atoms with Crippen molar-refractivity contribution in [3.63, 3.8) is 0 Å². The average molecular weight is 234 g/mol. The van der Waals surface area contributed by atoms with E-state index in [-0.39, 0.29) is 11.8 Å². The van der Waals surface area contributed by atoms with Crippen molar-refractivity contribution in [2.75, 3.05) is 18.5 Å². The Morgan fingerprint density at radius 3 is 2.88 bits per heavy atom. The van der Waals surface area contributed by atoms with Gasteiger partial charge in [-0.15, -0.1) is 0 Å². The van der Waals surface area contributed by atoms with Gasteiger partial charge >= 0.3 is 0 Å². The van der Waals surface area contributed by atoms with Gasteiger partial charge in [-0.3, -0.25) is 0 Å². The lowest BCUT2D eigenvalue weighted by Gasteiger charge is -2.20. The third kappa shape index (κ3) is 2.19. The fraction of sp³-hybridized carbons (Fsp3) is 0.417. The number of phenols is 1. The number of benzene rings is 1.